The molecule has 0 saturated heterocycles. The summed E-state index contributed by atoms with van der Waals surface area (Å²) in [6.07, 6.45) is 0. The molecule has 1 amide bonds. The van der Waals surface area contributed by atoms with E-state index in [1.165, 1.54) is 24.3 Å². The average Bonchev–Trinajstić information content (AvgIpc) is 3.05. The Morgan fingerprint density at radius 3 is 2.06 bits per heavy atom. The number of anilines is 2. The summed E-state index contributed by atoms with van der Waals surface area (Å²) in [6, 6.07) is 6.53. The topological polar surface area (TPSA) is 188 Å². The van der Waals surface area contributed by atoms with Crippen LogP contribution in [0.15, 0.2) is 45.8 Å². The van der Waals surface area contributed by atoms with Gasteiger partial charge in [0.05, 0.1) is 26.0 Å². The average molecular weight is 496 g/mol. The summed E-state index contributed by atoms with van der Waals surface area (Å²) >= 11 is 5.68. The van der Waals surface area contributed by atoms with Gasteiger partial charge in [0, 0.05) is 23.4 Å². The number of amides is 1. The molecule has 0 saturated carbocycles. The highest BCUT2D eigenvalue weighted by Gasteiger charge is 2.27. The second-order valence-corrected chi connectivity index (χ2v) is 8.71. The van der Waals surface area contributed by atoms with Gasteiger partial charge in [0.15, 0.2) is 5.02 Å². The predicted octanol–water partition coefficient (Wildman–Crippen LogP) is 3.81. The molecule has 0 fully saturated rings. The first-order valence-corrected chi connectivity index (χ1v) is 10.8. The molecule has 0 bridgehead atoms. The maximum absolute atomic E-state index is 12.5. The first kappa shape index (κ1) is 23.6. The highest BCUT2D eigenvalue weighted by molar-refractivity contribution is 7.92. The maximum Gasteiger partial charge on any atom is 0.295 e. The fraction of sp³-hybridized carbons (Fsp3) is 0.111. The van der Waals surface area contributed by atoms with Crippen molar-refractivity contribution in [1.82, 2.24) is 5.16 Å². The number of nitrogens with one attached hydrogen (secondary N) is 2. The third kappa shape index (κ3) is 4.91. The molecule has 172 valence electrons. The van der Waals surface area contributed by atoms with E-state index < -0.39 is 42.2 Å². The van der Waals surface area contributed by atoms with Crippen LogP contribution in [0.25, 0.3) is 0 Å². The zero-order valence-electron chi connectivity index (χ0n) is 16.9. The normalized spacial score (nSPS) is 11.1. The van der Waals surface area contributed by atoms with Crippen LogP contribution in [-0.4, -0.2) is 29.3 Å². The third-order valence-electron chi connectivity index (χ3n) is 4.50. The number of rotatable bonds is 7. The molecule has 15 heteroatoms. The fourth-order valence-electron chi connectivity index (χ4n) is 2.60. The minimum atomic E-state index is -4.02. The van der Waals surface area contributed by atoms with E-state index in [1.54, 1.807) is 13.8 Å². The van der Waals surface area contributed by atoms with Gasteiger partial charge in [0.2, 0.25) is 5.88 Å². The van der Waals surface area contributed by atoms with Crippen LogP contribution in [0.4, 0.5) is 22.9 Å². The molecule has 2 aromatic carbocycles. The zero-order chi connectivity index (χ0) is 24.5. The number of carbonyl (C=O) groups excluding carboxylic acids is 1. The van der Waals surface area contributed by atoms with Crippen molar-refractivity contribution in [3.8, 4) is 0 Å². The van der Waals surface area contributed by atoms with Crippen molar-refractivity contribution in [1.29, 1.82) is 0 Å². The van der Waals surface area contributed by atoms with Crippen molar-refractivity contribution in [2.45, 2.75) is 18.7 Å². The van der Waals surface area contributed by atoms with Crippen LogP contribution in [-0.2, 0) is 10.0 Å². The van der Waals surface area contributed by atoms with Gasteiger partial charge >= 0.3 is 0 Å². The molecule has 0 aliphatic carbocycles. The van der Waals surface area contributed by atoms with Gasteiger partial charge in [-0.1, -0.05) is 16.8 Å². The quantitative estimate of drug-likeness (QED) is 0.362. The summed E-state index contributed by atoms with van der Waals surface area (Å²) in [7, 11) is -4.02. The van der Waals surface area contributed by atoms with Gasteiger partial charge in [0.25, 0.3) is 27.3 Å². The molecule has 0 atom stereocenters. The molecule has 0 aliphatic rings. The first-order valence-electron chi connectivity index (χ1n) is 8.90. The van der Waals surface area contributed by atoms with Crippen molar-refractivity contribution < 1.29 is 27.6 Å². The Morgan fingerprint density at radius 2 is 1.61 bits per heavy atom. The minimum absolute atomic E-state index is 0.0317. The van der Waals surface area contributed by atoms with E-state index in [9.17, 15) is 33.4 Å². The number of halogens is 1. The second-order valence-electron chi connectivity index (χ2n) is 6.65. The Bertz CT molecular complexity index is 1350. The van der Waals surface area contributed by atoms with E-state index in [2.05, 4.69) is 15.2 Å². The van der Waals surface area contributed by atoms with Gasteiger partial charge in [-0.2, -0.15) is 0 Å². The highest BCUT2D eigenvalue weighted by Crippen LogP contribution is 2.35. The van der Waals surface area contributed by atoms with Gasteiger partial charge in [0.1, 0.15) is 0 Å². The smallest absolute Gasteiger partial charge is 0.295 e. The Kier molecular flexibility index (Phi) is 6.32. The molecular weight excluding hydrogens is 482 g/mol. The lowest BCUT2D eigenvalue weighted by Gasteiger charge is -2.09. The van der Waals surface area contributed by atoms with Crippen LogP contribution in [0.3, 0.4) is 0 Å². The molecule has 1 aromatic heterocycles. The molecule has 0 aliphatic heterocycles. The summed E-state index contributed by atoms with van der Waals surface area (Å²) in [5.41, 5.74) is -0.816. The highest BCUT2D eigenvalue weighted by atomic mass is 35.5. The molecule has 2 N–H and O–H groups in total. The van der Waals surface area contributed by atoms with Crippen LogP contribution in [0.5, 0.6) is 0 Å². The van der Waals surface area contributed by atoms with E-state index in [1.807, 2.05) is 0 Å². The van der Waals surface area contributed by atoms with Crippen molar-refractivity contribution >= 4 is 50.5 Å². The molecule has 33 heavy (non-hydrogen) atoms. The van der Waals surface area contributed by atoms with Crippen LogP contribution in [0.2, 0.25) is 5.02 Å². The molecule has 3 rings (SSSR count). The summed E-state index contributed by atoms with van der Waals surface area (Å²) in [5, 5.41) is 27.6. The van der Waals surface area contributed by atoms with Gasteiger partial charge < -0.3 is 9.84 Å². The van der Waals surface area contributed by atoms with Gasteiger partial charge in [-0.05, 0) is 38.1 Å². The molecule has 13 nitrogen and oxygen atoms in total. The number of nitro benzene ring substituents is 2. The number of hydrogen-bond acceptors (Lipinski definition) is 9. The standard InChI is InChI=1S/C18H14ClN5O8S/c1-9-10(2)21-32-18(9)22-33(30,31)13-5-3-12(4-6-13)20-17(25)11-7-14(23(26)27)16(19)15(8-11)24(28)29/h3-8,22H,1-2H3,(H,20,25). The minimum Gasteiger partial charge on any atom is -0.337 e. The number of carbonyl (C=O) groups is 1. The molecule has 0 unspecified atom stereocenters. The molecule has 0 radical (unpaired) electrons. The largest absolute Gasteiger partial charge is 0.337 e. The Balaban J connectivity index is 1.83. The molecule has 0 spiro atoms. The summed E-state index contributed by atoms with van der Waals surface area (Å²) < 4.78 is 32.3. The van der Waals surface area contributed by atoms with Crippen molar-refractivity contribution in [2.75, 3.05) is 10.0 Å². The van der Waals surface area contributed by atoms with Gasteiger partial charge in [-0.25, -0.2) is 13.1 Å². The van der Waals surface area contributed by atoms with Crippen LogP contribution in [0, 0.1) is 34.1 Å². The van der Waals surface area contributed by atoms with E-state index >= 15 is 0 Å². The van der Waals surface area contributed by atoms with Crippen LogP contribution in [0.1, 0.15) is 21.6 Å². The maximum atomic E-state index is 12.5. The number of benzene rings is 2. The van der Waals surface area contributed by atoms with Gasteiger partial charge in [-0.15, -0.1) is 0 Å². The van der Waals surface area contributed by atoms with Crippen molar-refractivity contribution in [3.05, 3.63) is 78.5 Å². The zero-order valence-corrected chi connectivity index (χ0v) is 18.4. The second kappa shape index (κ2) is 8.84. The van der Waals surface area contributed by atoms with Gasteiger partial charge in [-0.3, -0.25) is 25.0 Å². The number of aryl methyl sites for hydroxylation is 1. The first-order chi connectivity index (χ1) is 15.4. The van der Waals surface area contributed by atoms with E-state index in [-0.39, 0.29) is 22.0 Å². The Morgan fingerprint density at radius 1 is 1.06 bits per heavy atom. The van der Waals surface area contributed by atoms with E-state index in [0.717, 1.165) is 12.1 Å². The fourth-order valence-corrected chi connectivity index (χ4v) is 3.90. The summed E-state index contributed by atoms with van der Waals surface area (Å²) in [5.74, 6) is -0.935. The molecule has 3 aromatic rings. The number of hydrogen-bond donors (Lipinski definition) is 2. The van der Waals surface area contributed by atoms with Crippen molar-refractivity contribution in [3.63, 3.8) is 0 Å². The number of nitrogens with zero attached hydrogens (tertiary/aromatic N) is 3. The number of nitro groups is 2. The molecule has 1 heterocycles. The van der Waals surface area contributed by atoms with Crippen LogP contribution >= 0.6 is 11.6 Å². The van der Waals surface area contributed by atoms with E-state index in [4.69, 9.17) is 16.1 Å². The van der Waals surface area contributed by atoms with Crippen LogP contribution < -0.4 is 10.0 Å². The monoisotopic (exact) mass is 495 g/mol. The molecular formula is C18H14ClN5O8S. The predicted molar refractivity (Wildman–Crippen MR) is 116 cm³/mol. The SMILES string of the molecule is Cc1noc(NS(=O)(=O)c2ccc(NC(=O)c3cc([N+](=O)[O-])c(Cl)c([N+](=O)[O-])c3)cc2)c1C. The number of sulfonamides is 1. The summed E-state index contributed by atoms with van der Waals surface area (Å²) in [6.45, 7) is 3.28. The Labute approximate surface area is 190 Å². The third-order valence-corrected chi connectivity index (χ3v) is 6.23. The lowest BCUT2D eigenvalue weighted by atomic mass is 10.1. The van der Waals surface area contributed by atoms with Crippen molar-refractivity contribution in [2.24, 2.45) is 0 Å². The van der Waals surface area contributed by atoms with E-state index in [0.29, 0.717) is 11.3 Å². The lowest BCUT2D eigenvalue weighted by molar-refractivity contribution is -0.393. The lowest BCUT2D eigenvalue weighted by Crippen LogP contribution is -2.15. The summed E-state index contributed by atoms with van der Waals surface area (Å²) in [4.78, 5) is 32.7. The Hall–Kier alpha value is -4.04. The number of aromatic nitrogens is 1.